The number of hydrogen-bond donors (Lipinski definition) is 0. The van der Waals surface area contributed by atoms with Crippen LogP contribution in [-0.2, 0) is 6.42 Å². The largest absolute Gasteiger partial charge is 0.310 e. The number of allylic oxidation sites excluding steroid dienone is 3. The predicted molar refractivity (Wildman–Crippen MR) is 249 cm³/mol. The Labute approximate surface area is 342 Å². The number of para-hydroxylation sites is 5. The standard InChI is InChI=1S/C55H38N4/c1-2-14-44-45-15-4-9-21-51(45)57(50(44)20-3-1)41-32-26-38(27-33-41)56(39-28-34-42(35-29-39)58-52-22-10-5-16-46(52)47-17-6-11-23-53(47)58)40-30-36-43(37-31-40)59-54-24-12-7-18-48(54)49-19-8-13-25-55(49)59/h1-13,15-37H,14H2. The van der Waals surface area contributed by atoms with Gasteiger partial charge in [0, 0.05) is 61.1 Å². The van der Waals surface area contributed by atoms with Crippen molar-refractivity contribution in [2.75, 3.05) is 4.90 Å². The lowest BCUT2D eigenvalue weighted by Gasteiger charge is -2.26. The second-order valence-corrected chi connectivity index (χ2v) is 15.3. The van der Waals surface area contributed by atoms with Gasteiger partial charge in [-0.3, -0.25) is 0 Å². The maximum atomic E-state index is 2.41. The van der Waals surface area contributed by atoms with E-state index in [9.17, 15) is 0 Å². The predicted octanol–water partition coefficient (Wildman–Crippen LogP) is 14.4. The summed E-state index contributed by atoms with van der Waals surface area (Å²) < 4.78 is 7.16. The lowest BCUT2D eigenvalue weighted by Crippen LogP contribution is -2.10. The maximum absolute atomic E-state index is 2.41. The molecule has 0 saturated carbocycles. The molecule has 0 bridgehead atoms. The van der Waals surface area contributed by atoms with Crippen molar-refractivity contribution in [1.29, 1.82) is 0 Å². The van der Waals surface area contributed by atoms with Crippen molar-refractivity contribution < 1.29 is 0 Å². The van der Waals surface area contributed by atoms with Crippen LogP contribution >= 0.6 is 0 Å². The number of fused-ring (bicyclic) bond motifs is 9. The van der Waals surface area contributed by atoms with Crippen molar-refractivity contribution in [1.82, 2.24) is 13.7 Å². The van der Waals surface area contributed by atoms with Gasteiger partial charge in [-0.2, -0.15) is 0 Å². The molecule has 1 aliphatic rings. The van der Waals surface area contributed by atoms with Gasteiger partial charge >= 0.3 is 0 Å². The molecule has 0 N–H and O–H groups in total. The van der Waals surface area contributed by atoms with E-state index < -0.39 is 0 Å². The normalized spacial score (nSPS) is 12.5. The van der Waals surface area contributed by atoms with Gasteiger partial charge in [0.05, 0.1) is 33.3 Å². The molecule has 0 unspecified atom stereocenters. The van der Waals surface area contributed by atoms with Crippen LogP contribution in [0.1, 0.15) is 11.3 Å². The van der Waals surface area contributed by atoms with Crippen molar-refractivity contribution in [3.05, 3.63) is 224 Å². The van der Waals surface area contributed by atoms with Crippen LogP contribution in [0, 0.1) is 0 Å². The highest BCUT2D eigenvalue weighted by Gasteiger charge is 2.20. The average Bonchev–Trinajstić information content (AvgIpc) is 3.85. The minimum absolute atomic E-state index is 0.914. The molecule has 4 nitrogen and oxygen atoms in total. The van der Waals surface area contributed by atoms with E-state index in [2.05, 4.69) is 237 Å². The number of hydrogen-bond acceptors (Lipinski definition) is 1. The molecule has 0 atom stereocenters. The molecule has 0 fully saturated rings. The van der Waals surface area contributed by atoms with Gasteiger partial charge in [-0.15, -0.1) is 0 Å². The van der Waals surface area contributed by atoms with Crippen molar-refractivity contribution in [2.24, 2.45) is 0 Å². The summed E-state index contributed by atoms with van der Waals surface area (Å²) in [7, 11) is 0. The molecular formula is C55H38N4. The fourth-order valence-corrected chi connectivity index (χ4v) is 9.51. The van der Waals surface area contributed by atoms with Gasteiger partial charge in [0.25, 0.3) is 0 Å². The van der Waals surface area contributed by atoms with E-state index >= 15 is 0 Å². The summed E-state index contributed by atoms with van der Waals surface area (Å²) in [6.45, 7) is 0. The molecule has 0 aliphatic heterocycles. The molecule has 1 aliphatic carbocycles. The highest BCUT2D eigenvalue weighted by molar-refractivity contribution is 6.10. The number of nitrogens with zero attached hydrogens (tertiary/aromatic N) is 4. The Hall–Kier alpha value is -7.82. The molecule has 3 heterocycles. The molecular weight excluding hydrogens is 717 g/mol. The zero-order chi connectivity index (χ0) is 38.9. The van der Waals surface area contributed by atoms with E-state index in [1.165, 1.54) is 65.8 Å². The van der Waals surface area contributed by atoms with Gasteiger partial charge < -0.3 is 18.6 Å². The fourth-order valence-electron chi connectivity index (χ4n) is 9.51. The van der Waals surface area contributed by atoms with Crippen LogP contribution in [0.5, 0.6) is 0 Å². The molecule has 3 aromatic heterocycles. The van der Waals surface area contributed by atoms with Crippen molar-refractivity contribution in [2.45, 2.75) is 6.42 Å². The summed E-state index contributed by atoms with van der Waals surface area (Å²) in [5.74, 6) is 0. The molecule has 59 heavy (non-hydrogen) atoms. The van der Waals surface area contributed by atoms with Crippen molar-refractivity contribution >= 4 is 77.7 Å². The number of aromatic nitrogens is 3. The van der Waals surface area contributed by atoms with Gasteiger partial charge in [-0.1, -0.05) is 109 Å². The number of rotatable bonds is 6. The fraction of sp³-hybridized carbons (Fsp3) is 0.0182. The third-order valence-electron chi connectivity index (χ3n) is 12.1. The summed E-state index contributed by atoms with van der Waals surface area (Å²) in [4.78, 5) is 2.37. The molecule has 0 amide bonds. The Morgan fingerprint density at radius 1 is 0.322 bits per heavy atom. The Kier molecular flexibility index (Phi) is 7.57. The SMILES string of the molecule is C1=CCc2c(n(-c3ccc(N(c4ccc(-n5c6ccccc6c6ccccc65)cc4)c4ccc(-n5c6ccccc6c6ccccc65)cc4)cc3)c3ccccc23)C=C1. The Balaban J connectivity index is 0.992. The molecule has 0 saturated heterocycles. The number of benzene rings is 8. The van der Waals surface area contributed by atoms with Crippen LogP contribution in [0.4, 0.5) is 17.1 Å². The average molecular weight is 755 g/mol. The van der Waals surface area contributed by atoms with E-state index in [1.807, 2.05) is 0 Å². The summed E-state index contributed by atoms with van der Waals surface area (Å²) in [6.07, 6.45) is 9.72. The van der Waals surface area contributed by atoms with Crippen LogP contribution in [0.25, 0.3) is 77.7 Å². The zero-order valence-corrected chi connectivity index (χ0v) is 32.3. The van der Waals surface area contributed by atoms with Crippen LogP contribution in [-0.4, -0.2) is 13.7 Å². The minimum Gasteiger partial charge on any atom is -0.310 e. The molecule has 278 valence electrons. The molecule has 0 radical (unpaired) electrons. The van der Waals surface area contributed by atoms with Crippen LogP contribution < -0.4 is 4.90 Å². The van der Waals surface area contributed by atoms with E-state index in [-0.39, 0.29) is 0 Å². The highest BCUT2D eigenvalue weighted by atomic mass is 15.1. The molecule has 8 aromatic carbocycles. The second-order valence-electron chi connectivity index (χ2n) is 15.3. The van der Waals surface area contributed by atoms with Gasteiger partial charge in [0.1, 0.15) is 0 Å². The van der Waals surface area contributed by atoms with Gasteiger partial charge in [-0.05, 0) is 121 Å². The summed E-state index contributed by atoms with van der Waals surface area (Å²) in [6, 6.07) is 70.6. The van der Waals surface area contributed by atoms with E-state index in [4.69, 9.17) is 0 Å². The molecule has 12 rings (SSSR count). The first-order valence-corrected chi connectivity index (χ1v) is 20.3. The topological polar surface area (TPSA) is 18.0 Å². The van der Waals surface area contributed by atoms with E-state index in [1.54, 1.807) is 0 Å². The molecule has 4 heteroatoms. The van der Waals surface area contributed by atoms with Crippen LogP contribution in [0.15, 0.2) is 212 Å². The number of anilines is 3. The highest BCUT2D eigenvalue weighted by Crippen LogP contribution is 2.40. The summed E-state index contributed by atoms with van der Waals surface area (Å²) in [5, 5.41) is 6.34. The minimum atomic E-state index is 0.914. The van der Waals surface area contributed by atoms with E-state index in [0.29, 0.717) is 0 Å². The van der Waals surface area contributed by atoms with Gasteiger partial charge in [-0.25, -0.2) is 0 Å². The monoisotopic (exact) mass is 754 g/mol. The van der Waals surface area contributed by atoms with E-state index in [0.717, 1.165) is 40.5 Å². The lowest BCUT2D eigenvalue weighted by molar-refractivity contribution is 1.08. The van der Waals surface area contributed by atoms with Crippen LogP contribution in [0.3, 0.4) is 0 Å². The Bertz CT molecular complexity index is 3180. The lowest BCUT2D eigenvalue weighted by atomic mass is 10.1. The van der Waals surface area contributed by atoms with Gasteiger partial charge in [0.15, 0.2) is 0 Å². The summed E-state index contributed by atoms with van der Waals surface area (Å²) >= 11 is 0. The molecule has 0 spiro atoms. The zero-order valence-electron chi connectivity index (χ0n) is 32.3. The molecule has 11 aromatic rings. The first kappa shape index (κ1) is 33.3. The first-order chi connectivity index (χ1) is 29.3. The third kappa shape index (κ3) is 5.23. The quantitative estimate of drug-likeness (QED) is 0.165. The third-order valence-corrected chi connectivity index (χ3v) is 12.1. The smallest absolute Gasteiger partial charge is 0.0541 e. The van der Waals surface area contributed by atoms with Crippen molar-refractivity contribution in [3.8, 4) is 17.1 Å². The Morgan fingerprint density at radius 2 is 0.661 bits per heavy atom. The van der Waals surface area contributed by atoms with Gasteiger partial charge in [0.2, 0.25) is 0 Å². The second kappa shape index (κ2) is 13.4. The van der Waals surface area contributed by atoms with Crippen molar-refractivity contribution in [3.63, 3.8) is 0 Å². The van der Waals surface area contributed by atoms with Crippen LogP contribution in [0.2, 0.25) is 0 Å². The first-order valence-electron chi connectivity index (χ1n) is 20.3. The maximum Gasteiger partial charge on any atom is 0.0541 e. The summed E-state index contributed by atoms with van der Waals surface area (Å²) in [5.41, 5.74) is 15.3. The Morgan fingerprint density at radius 3 is 1.07 bits per heavy atom.